The van der Waals surface area contributed by atoms with Crippen molar-refractivity contribution in [3.05, 3.63) is 41.2 Å². The van der Waals surface area contributed by atoms with Gasteiger partial charge in [0.2, 0.25) is 5.91 Å². The largest absolute Gasteiger partial charge is 0.310 e. The average Bonchev–Trinajstić information content (AvgIpc) is 2.73. The summed E-state index contributed by atoms with van der Waals surface area (Å²) in [5.74, 6) is 1.06. The van der Waals surface area contributed by atoms with Gasteiger partial charge in [0, 0.05) is 22.7 Å². The van der Waals surface area contributed by atoms with Gasteiger partial charge in [-0.2, -0.15) is 5.10 Å². The van der Waals surface area contributed by atoms with Gasteiger partial charge < -0.3 is 4.90 Å². The van der Waals surface area contributed by atoms with E-state index < -0.39 is 0 Å². The number of amides is 1. The van der Waals surface area contributed by atoms with Gasteiger partial charge in [-0.3, -0.25) is 9.48 Å². The van der Waals surface area contributed by atoms with Crippen LogP contribution in [0.2, 0.25) is 5.02 Å². The molecule has 0 atom stereocenters. The van der Waals surface area contributed by atoms with Crippen molar-refractivity contribution in [2.24, 2.45) is 0 Å². The maximum atomic E-state index is 12.6. The van der Waals surface area contributed by atoms with Crippen LogP contribution in [-0.2, 0) is 11.3 Å². The van der Waals surface area contributed by atoms with Crippen molar-refractivity contribution in [2.45, 2.75) is 24.8 Å². The third-order valence-electron chi connectivity index (χ3n) is 3.36. The molecule has 0 bridgehead atoms. The number of halogens is 1. The summed E-state index contributed by atoms with van der Waals surface area (Å²) in [6.45, 7) is 2.97. The fourth-order valence-corrected chi connectivity index (χ4v) is 3.65. The third kappa shape index (κ3) is 3.24. The number of thioether (sulfide) groups is 1. The number of benzene rings is 1. The molecule has 3 rings (SSSR count). The van der Waals surface area contributed by atoms with E-state index in [1.807, 2.05) is 36.2 Å². The molecule has 0 unspecified atom stereocenters. The van der Waals surface area contributed by atoms with Gasteiger partial charge in [0.15, 0.2) is 0 Å². The summed E-state index contributed by atoms with van der Waals surface area (Å²) in [4.78, 5) is 15.5. The Balaban J connectivity index is 1.86. The van der Waals surface area contributed by atoms with E-state index in [1.54, 1.807) is 22.6 Å². The van der Waals surface area contributed by atoms with Crippen molar-refractivity contribution in [1.82, 2.24) is 9.78 Å². The number of fused-ring (bicyclic) bond motifs is 1. The first-order valence-electron chi connectivity index (χ1n) is 6.85. The van der Waals surface area contributed by atoms with Gasteiger partial charge in [-0.15, -0.1) is 11.8 Å². The number of anilines is 1. The van der Waals surface area contributed by atoms with Crippen molar-refractivity contribution in [3.63, 3.8) is 0 Å². The summed E-state index contributed by atoms with van der Waals surface area (Å²) in [6.07, 6.45) is 4.62. The molecular weight excluding hydrogens is 306 g/mol. The predicted octanol–water partition coefficient (Wildman–Crippen LogP) is 3.37. The van der Waals surface area contributed by atoms with Crippen molar-refractivity contribution in [1.29, 1.82) is 0 Å². The maximum Gasteiger partial charge on any atom is 0.248 e. The molecule has 2 heterocycles. The number of aromatic nitrogens is 2. The Morgan fingerprint density at radius 3 is 3.10 bits per heavy atom. The number of nitrogens with zero attached hydrogens (tertiary/aromatic N) is 3. The molecule has 0 radical (unpaired) electrons. The maximum absolute atomic E-state index is 12.6. The van der Waals surface area contributed by atoms with E-state index in [9.17, 15) is 4.79 Å². The molecule has 0 saturated heterocycles. The first-order chi connectivity index (χ1) is 10.1. The Labute approximate surface area is 133 Å². The van der Waals surface area contributed by atoms with Crippen LogP contribution in [0.15, 0.2) is 35.5 Å². The van der Waals surface area contributed by atoms with Gasteiger partial charge in [-0.1, -0.05) is 11.6 Å². The second kappa shape index (κ2) is 6.12. The number of carbonyl (C=O) groups excluding carboxylic acids is 1. The Bertz CT molecular complexity index is 671. The van der Waals surface area contributed by atoms with Crippen LogP contribution < -0.4 is 4.90 Å². The minimum absolute atomic E-state index is 0.0594. The van der Waals surface area contributed by atoms with Gasteiger partial charge in [-0.25, -0.2) is 0 Å². The molecule has 1 aliphatic heterocycles. The molecule has 21 heavy (non-hydrogen) atoms. The van der Waals surface area contributed by atoms with E-state index >= 15 is 0 Å². The number of aryl methyl sites for hydroxylation is 1. The second-order valence-corrected chi connectivity index (χ2v) is 6.65. The van der Waals surface area contributed by atoms with Crippen LogP contribution in [-0.4, -0.2) is 28.0 Å². The zero-order valence-corrected chi connectivity index (χ0v) is 13.3. The van der Waals surface area contributed by atoms with Crippen LogP contribution in [0.25, 0.3) is 0 Å². The highest BCUT2D eigenvalue weighted by Gasteiger charge is 2.22. The third-order valence-corrected chi connectivity index (χ3v) is 4.72. The second-order valence-electron chi connectivity index (χ2n) is 5.07. The van der Waals surface area contributed by atoms with Crippen molar-refractivity contribution in [2.75, 3.05) is 17.2 Å². The van der Waals surface area contributed by atoms with Gasteiger partial charge >= 0.3 is 0 Å². The van der Waals surface area contributed by atoms with Crippen LogP contribution in [0.4, 0.5) is 5.69 Å². The summed E-state index contributed by atoms with van der Waals surface area (Å²) in [5, 5.41) is 4.89. The summed E-state index contributed by atoms with van der Waals surface area (Å²) >= 11 is 7.81. The Kier molecular flexibility index (Phi) is 4.22. The van der Waals surface area contributed by atoms with Crippen molar-refractivity contribution in [3.8, 4) is 0 Å². The van der Waals surface area contributed by atoms with Crippen LogP contribution in [0.3, 0.4) is 0 Å². The quantitative estimate of drug-likeness (QED) is 0.851. The van der Waals surface area contributed by atoms with E-state index in [4.69, 9.17) is 11.6 Å². The highest BCUT2D eigenvalue weighted by Crippen LogP contribution is 2.35. The van der Waals surface area contributed by atoms with Crippen LogP contribution in [0.5, 0.6) is 0 Å². The summed E-state index contributed by atoms with van der Waals surface area (Å²) in [6, 6.07) is 5.71. The normalized spacial score (nSPS) is 14.7. The van der Waals surface area contributed by atoms with Crippen LogP contribution in [0.1, 0.15) is 12.0 Å². The van der Waals surface area contributed by atoms with Crippen molar-refractivity contribution >= 4 is 35.0 Å². The zero-order valence-electron chi connectivity index (χ0n) is 11.8. The van der Waals surface area contributed by atoms with Crippen LogP contribution in [0, 0.1) is 6.92 Å². The molecule has 0 saturated carbocycles. The molecule has 1 aliphatic rings. The van der Waals surface area contributed by atoms with Gasteiger partial charge in [-0.05, 0) is 42.9 Å². The molecule has 1 aromatic carbocycles. The number of hydrogen-bond acceptors (Lipinski definition) is 3. The Morgan fingerprint density at radius 1 is 1.48 bits per heavy atom. The predicted molar refractivity (Wildman–Crippen MR) is 86.1 cm³/mol. The minimum Gasteiger partial charge on any atom is -0.310 e. The van der Waals surface area contributed by atoms with Gasteiger partial charge in [0.1, 0.15) is 6.54 Å². The summed E-state index contributed by atoms with van der Waals surface area (Å²) in [7, 11) is 0. The number of rotatable bonds is 2. The van der Waals surface area contributed by atoms with Crippen LogP contribution >= 0.6 is 23.4 Å². The molecule has 110 valence electrons. The molecule has 4 nitrogen and oxygen atoms in total. The topological polar surface area (TPSA) is 38.1 Å². The number of carbonyl (C=O) groups is 1. The standard InChI is InChI=1S/C15H16ClN3OS/c1-11-8-17-18(9-11)10-15(20)19-5-2-6-21-14-7-12(16)3-4-13(14)19/h3-4,7-9H,2,5-6,10H2,1H3. The van der Waals surface area contributed by atoms with E-state index in [2.05, 4.69) is 5.10 Å². The lowest BCUT2D eigenvalue weighted by Crippen LogP contribution is -2.34. The van der Waals surface area contributed by atoms with Gasteiger partial charge in [0.05, 0.1) is 11.9 Å². The first kappa shape index (κ1) is 14.5. The molecule has 2 aromatic rings. The minimum atomic E-state index is 0.0594. The highest BCUT2D eigenvalue weighted by molar-refractivity contribution is 7.99. The SMILES string of the molecule is Cc1cnn(CC(=O)N2CCCSc3cc(Cl)ccc32)c1. The van der Waals surface area contributed by atoms with E-state index in [0.29, 0.717) is 5.02 Å². The summed E-state index contributed by atoms with van der Waals surface area (Å²) in [5.41, 5.74) is 2.01. The van der Waals surface area contributed by atoms with E-state index in [-0.39, 0.29) is 12.5 Å². The molecule has 1 aromatic heterocycles. The molecule has 0 aliphatic carbocycles. The van der Waals surface area contributed by atoms with Crippen molar-refractivity contribution < 1.29 is 4.79 Å². The summed E-state index contributed by atoms with van der Waals surface area (Å²) < 4.78 is 1.69. The lowest BCUT2D eigenvalue weighted by Gasteiger charge is -2.22. The molecule has 0 spiro atoms. The molecule has 0 fully saturated rings. The Morgan fingerprint density at radius 2 is 2.33 bits per heavy atom. The fraction of sp³-hybridized carbons (Fsp3) is 0.333. The molecule has 1 amide bonds. The fourth-order valence-electron chi connectivity index (χ4n) is 2.39. The van der Waals surface area contributed by atoms with E-state index in [1.165, 1.54) is 0 Å². The lowest BCUT2D eigenvalue weighted by molar-refractivity contribution is -0.119. The monoisotopic (exact) mass is 321 g/mol. The molecular formula is C15H16ClN3OS. The van der Waals surface area contributed by atoms with Gasteiger partial charge in [0.25, 0.3) is 0 Å². The highest BCUT2D eigenvalue weighted by atomic mass is 35.5. The van der Waals surface area contributed by atoms with E-state index in [0.717, 1.165) is 34.9 Å². The lowest BCUT2D eigenvalue weighted by atomic mass is 10.2. The Hall–Kier alpha value is -1.46. The molecule has 6 heteroatoms. The average molecular weight is 322 g/mol. The number of hydrogen-bond donors (Lipinski definition) is 0. The smallest absolute Gasteiger partial charge is 0.248 e. The molecule has 0 N–H and O–H groups in total. The first-order valence-corrected chi connectivity index (χ1v) is 8.21. The zero-order chi connectivity index (χ0) is 14.8.